The van der Waals surface area contributed by atoms with Crippen LogP contribution in [0.2, 0.25) is 0 Å². The lowest BCUT2D eigenvalue weighted by Crippen LogP contribution is -2.14. The molecule has 1 atom stereocenters. The smallest absolute Gasteiger partial charge is 0.152 e. The van der Waals surface area contributed by atoms with Gasteiger partial charge in [-0.3, -0.25) is 4.98 Å². The zero-order chi connectivity index (χ0) is 15.7. The number of rotatable bonds is 3. The van der Waals surface area contributed by atoms with Gasteiger partial charge in [0.05, 0.1) is 6.04 Å². The van der Waals surface area contributed by atoms with Gasteiger partial charge in [0.25, 0.3) is 0 Å². The molecule has 0 aliphatic carbocycles. The number of hydrogen-bond acceptors (Lipinski definition) is 2. The van der Waals surface area contributed by atoms with Gasteiger partial charge in [-0.15, -0.1) is 0 Å². The molecule has 21 heavy (non-hydrogen) atoms. The van der Waals surface area contributed by atoms with E-state index in [2.05, 4.69) is 10.3 Å². The lowest BCUT2D eigenvalue weighted by Gasteiger charge is -2.21. The lowest BCUT2D eigenvalue weighted by molar-refractivity contribution is 0.578. The molecule has 1 heterocycles. The first-order valence-electron chi connectivity index (χ1n) is 6.97. The summed E-state index contributed by atoms with van der Waals surface area (Å²) in [5.74, 6) is -1.13. The van der Waals surface area contributed by atoms with Crippen LogP contribution in [-0.4, -0.2) is 4.98 Å². The van der Waals surface area contributed by atoms with Crippen molar-refractivity contribution in [1.29, 1.82) is 0 Å². The second-order valence-corrected chi connectivity index (χ2v) is 5.50. The van der Waals surface area contributed by atoms with Crippen molar-refractivity contribution in [2.24, 2.45) is 0 Å². The number of benzene rings is 1. The van der Waals surface area contributed by atoms with E-state index in [-0.39, 0.29) is 11.7 Å². The molecule has 0 aliphatic rings. The molecule has 1 unspecified atom stereocenters. The van der Waals surface area contributed by atoms with Crippen molar-refractivity contribution in [3.05, 3.63) is 57.9 Å². The average Bonchev–Trinajstić information content (AvgIpc) is 2.38. The van der Waals surface area contributed by atoms with E-state index < -0.39 is 11.6 Å². The first-order chi connectivity index (χ1) is 9.81. The summed E-state index contributed by atoms with van der Waals surface area (Å²) in [5.41, 5.74) is 4.19. The molecule has 1 aromatic carbocycles. The summed E-state index contributed by atoms with van der Waals surface area (Å²) in [6.45, 7) is 9.33. The Labute approximate surface area is 124 Å². The van der Waals surface area contributed by atoms with Gasteiger partial charge in [-0.05, 0) is 63.4 Å². The van der Waals surface area contributed by atoms with Crippen molar-refractivity contribution in [2.75, 3.05) is 5.32 Å². The Hall–Kier alpha value is -1.97. The molecule has 0 saturated carbocycles. The highest BCUT2D eigenvalue weighted by atomic mass is 19.1. The standard InChI is InChI=1S/C17H20F2N2/c1-9-6-7-14(18)17(16(9)19)21-13(5)15-10(2)8-11(3)20-12(15)4/h6-8,13,21H,1-5H3. The summed E-state index contributed by atoms with van der Waals surface area (Å²) in [5, 5.41) is 2.95. The highest BCUT2D eigenvalue weighted by Crippen LogP contribution is 2.29. The number of pyridine rings is 1. The van der Waals surface area contributed by atoms with E-state index in [1.807, 2.05) is 33.8 Å². The minimum atomic E-state index is -0.583. The zero-order valence-corrected chi connectivity index (χ0v) is 13.0. The molecule has 0 bridgehead atoms. The number of hydrogen-bond donors (Lipinski definition) is 1. The summed E-state index contributed by atoms with van der Waals surface area (Å²) in [4.78, 5) is 4.43. The van der Waals surface area contributed by atoms with Crippen LogP contribution in [-0.2, 0) is 0 Å². The van der Waals surface area contributed by atoms with Crippen molar-refractivity contribution >= 4 is 5.69 Å². The second kappa shape index (κ2) is 5.80. The third kappa shape index (κ3) is 3.04. The van der Waals surface area contributed by atoms with Crippen LogP contribution < -0.4 is 5.32 Å². The minimum Gasteiger partial charge on any atom is -0.374 e. The van der Waals surface area contributed by atoms with Crippen LogP contribution in [0.5, 0.6) is 0 Å². The maximum atomic E-state index is 14.1. The fourth-order valence-corrected chi connectivity index (χ4v) is 2.77. The molecule has 2 nitrogen and oxygen atoms in total. The molecule has 2 aromatic rings. The van der Waals surface area contributed by atoms with Crippen LogP contribution in [0.3, 0.4) is 0 Å². The Kier molecular flexibility index (Phi) is 4.26. The van der Waals surface area contributed by atoms with Crippen molar-refractivity contribution in [2.45, 2.75) is 40.7 Å². The predicted molar refractivity (Wildman–Crippen MR) is 81.6 cm³/mol. The topological polar surface area (TPSA) is 24.9 Å². The molecular weight excluding hydrogens is 270 g/mol. The molecule has 2 rings (SSSR count). The summed E-state index contributed by atoms with van der Waals surface area (Å²) < 4.78 is 27.9. The minimum absolute atomic E-state index is 0.0816. The summed E-state index contributed by atoms with van der Waals surface area (Å²) in [7, 11) is 0. The molecular formula is C17H20F2N2. The molecule has 0 radical (unpaired) electrons. The summed E-state index contributed by atoms with van der Waals surface area (Å²) >= 11 is 0. The zero-order valence-electron chi connectivity index (χ0n) is 13.0. The normalized spacial score (nSPS) is 12.3. The predicted octanol–water partition coefficient (Wildman–Crippen LogP) is 4.77. The van der Waals surface area contributed by atoms with Crippen LogP contribution in [0, 0.1) is 39.3 Å². The molecule has 0 aliphatic heterocycles. The van der Waals surface area contributed by atoms with E-state index in [9.17, 15) is 8.78 Å². The fourth-order valence-electron chi connectivity index (χ4n) is 2.77. The average molecular weight is 290 g/mol. The third-order valence-electron chi connectivity index (χ3n) is 3.66. The number of halogens is 2. The van der Waals surface area contributed by atoms with Crippen LogP contribution >= 0.6 is 0 Å². The van der Waals surface area contributed by atoms with Gasteiger partial charge in [0, 0.05) is 11.4 Å². The van der Waals surface area contributed by atoms with E-state index in [1.54, 1.807) is 6.92 Å². The molecule has 112 valence electrons. The van der Waals surface area contributed by atoms with E-state index >= 15 is 0 Å². The highest BCUT2D eigenvalue weighted by Gasteiger charge is 2.18. The maximum absolute atomic E-state index is 14.1. The van der Waals surface area contributed by atoms with Crippen molar-refractivity contribution in [3.63, 3.8) is 0 Å². The molecule has 0 fully saturated rings. The van der Waals surface area contributed by atoms with Crippen molar-refractivity contribution < 1.29 is 8.78 Å². The van der Waals surface area contributed by atoms with Crippen LogP contribution in [0.15, 0.2) is 18.2 Å². The summed E-state index contributed by atoms with van der Waals surface area (Å²) in [6, 6.07) is 4.46. The van der Waals surface area contributed by atoms with Gasteiger partial charge in [0.2, 0.25) is 0 Å². The summed E-state index contributed by atoms with van der Waals surface area (Å²) in [6.07, 6.45) is 0. The molecule has 0 spiro atoms. The third-order valence-corrected chi connectivity index (χ3v) is 3.66. The number of aryl methyl sites for hydroxylation is 4. The quantitative estimate of drug-likeness (QED) is 0.881. The van der Waals surface area contributed by atoms with E-state index in [0.717, 1.165) is 22.5 Å². The first-order valence-corrected chi connectivity index (χ1v) is 6.97. The molecule has 4 heteroatoms. The Bertz CT molecular complexity index is 658. The number of nitrogens with one attached hydrogen (secondary N) is 1. The number of aromatic nitrogens is 1. The monoisotopic (exact) mass is 290 g/mol. The SMILES string of the molecule is Cc1cc(C)c(C(C)Nc2c(F)ccc(C)c2F)c(C)n1. The van der Waals surface area contributed by atoms with Crippen LogP contribution in [0.25, 0.3) is 0 Å². The van der Waals surface area contributed by atoms with Gasteiger partial charge in [-0.25, -0.2) is 8.78 Å². The molecule has 0 saturated heterocycles. The highest BCUT2D eigenvalue weighted by molar-refractivity contribution is 5.51. The lowest BCUT2D eigenvalue weighted by atomic mass is 10.00. The fraction of sp³-hybridized carbons (Fsp3) is 0.353. The van der Waals surface area contributed by atoms with Gasteiger partial charge < -0.3 is 5.32 Å². The van der Waals surface area contributed by atoms with Gasteiger partial charge in [0.1, 0.15) is 11.5 Å². The van der Waals surface area contributed by atoms with Gasteiger partial charge in [-0.1, -0.05) is 6.07 Å². The number of anilines is 1. The van der Waals surface area contributed by atoms with Gasteiger partial charge >= 0.3 is 0 Å². The molecule has 0 amide bonds. The van der Waals surface area contributed by atoms with Crippen molar-refractivity contribution in [3.8, 4) is 0 Å². The largest absolute Gasteiger partial charge is 0.374 e. The van der Waals surface area contributed by atoms with E-state index in [0.29, 0.717) is 5.56 Å². The van der Waals surface area contributed by atoms with Crippen LogP contribution in [0.4, 0.5) is 14.5 Å². The van der Waals surface area contributed by atoms with E-state index in [4.69, 9.17) is 0 Å². The van der Waals surface area contributed by atoms with E-state index in [1.165, 1.54) is 12.1 Å². The Morgan fingerprint density at radius 2 is 1.71 bits per heavy atom. The van der Waals surface area contributed by atoms with Gasteiger partial charge in [-0.2, -0.15) is 0 Å². The Balaban J connectivity index is 2.40. The number of nitrogens with zero attached hydrogens (tertiary/aromatic N) is 1. The van der Waals surface area contributed by atoms with Crippen LogP contribution in [0.1, 0.15) is 41.0 Å². The van der Waals surface area contributed by atoms with Gasteiger partial charge in [0.15, 0.2) is 5.82 Å². The first kappa shape index (κ1) is 15.4. The Morgan fingerprint density at radius 3 is 2.33 bits per heavy atom. The Morgan fingerprint density at radius 1 is 1.05 bits per heavy atom. The second-order valence-electron chi connectivity index (χ2n) is 5.50. The van der Waals surface area contributed by atoms with Crippen molar-refractivity contribution in [1.82, 2.24) is 4.98 Å². The molecule has 1 aromatic heterocycles. The molecule has 1 N–H and O–H groups in total. The maximum Gasteiger partial charge on any atom is 0.152 e.